The first-order valence-electron chi connectivity index (χ1n) is 4.73. The molecule has 0 aromatic carbocycles. The van der Waals surface area contributed by atoms with Crippen LogP contribution in [0, 0.1) is 5.92 Å². The number of carbonyl (C=O) groups is 1. The molecule has 0 radical (unpaired) electrons. The summed E-state index contributed by atoms with van der Waals surface area (Å²) in [5.41, 5.74) is 6.35. The van der Waals surface area contributed by atoms with E-state index in [0.29, 0.717) is 13.1 Å². The Morgan fingerprint density at radius 2 is 2.57 bits per heavy atom. The monoisotopic (exact) mass is 196 g/mol. The largest absolute Gasteiger partial charge is 0.350 e. The van der Waals surface area contributed by atoms with Gasteiger partial charge < -0.3 is 16.0 Å². The van der Waals surface area contributed by atoms with Crippen LogP contribution in [0.5, 0.6) is 0 Å². The SMILES string of the molecule is CCC(CN)C(=O)NCc1cnc[nH]1. The fourth-order valence-corrected chi connectivity index (χ4v) is 1.17. The van der Waals surface area contributed by atoms with E-state index in [9.17, 15) is 4.79 Å². The molecule has 1 amide bonds. The maximum Gasteiger partial charge on any atom is 0.224 e. The summed E-state index contributed by atoms with van der Waals surface area (Å²) in [6.07, 6.45) is 4.04. The number of hydrogen-bond acceptors (Lipinski definition) is 3. The van der Waals surface area contributed by atoms with E-state index in [2.05, 4.69) is 15.3 Å². The van der Waals surface area contributed by atoms with E-state index in [-0.39, 0.29) is 11.8 Å². The number of nitrogens with one attached hydrogen (secondary N) is 2. The second kappa shape index (κ2) is 5.39. The average molecular weight is 196 g/mol. The van der Waals surface area contributed by atoms with Gasteiger partial charge in [-0.1, -0.05) is 6.92 Å². The van der Waals surface area contributed by atoms with Crippen molar-refractivity contribution in [3.8, 4) is 0 Å². The van der Waals surface area contributed by atoms with E-state index in [0.717, 1.165) is 12.1 Å². The number of amides is 1. The van der Waals surface area contributed by atoms with Crippen molar-refractivity contribution in [3.63, 3.8) is 0 Å². The summed E-state index contributed by atoms with van der Waals surface area (Å²) < 4.78 is 0. The topological polar surface area (TPSA) is 83.8 Å². The van der Waals surface area contributed by atoms with E-state index >= 15 is 0 Å². The third-order valence-electron chi connectivity index (χ3n) is 2.16. The zero-order valence-electron chi connectivity index (χ0n) is 8.29. The maximum atomic E-state index is 11.5. The minimum Gasteiger partial charge on any atom is -0.350 e. The molecule has 14 heavy (non-hydrogen) atoms. The first-order valence-corrected chi connectivity index (χ1v) is 4.73. The molecule has 5 nitrogen and oxygen atoms in total. The summed E-state index contributed by atoms with van der Waals surface area (Å²) in [5.74, 6) is -0.0810. The third-order valence-corrected chi connectivity index (χ3v) is 2.16. The maximum absolute atomic E-state index is 11.5. The summed E-state index contributed by atoms with van der Waals surface area (Å²) in [6, 6.07) is 0. The van der Waals surface area contributed by atoms with E-state index < -0.39 is 0 Å². The highest BCUT2D eigenvalue weighted by atomic mass is 16.1. The van der Waals surface area contributed by atoms with Gasteiger partial charge in [0.2, 0.25) is 5.91 Å². The van der Waals surface area contributed by atoms with Gasteiger partial charge in [0, 0.05) is 18.7 Å². The number of nitrogens with two attached hydrogens (primary N) is 1. The number of H-pyrrole nitrogens is 1. The Bertz CT molecular complexity index is 266. The predicted octanol–water partition coefficient (Wildman–Crippen LogP) is 0.0108. The molecule has 1 rings (SSSR count). The fraction of sp³-hybridized carbons (Fsp3) is 0.556. The van der Waals surface area contributed by atoms with Crippen molar-refractivity contribution in [1.29, 1.82) is 0 Å². The van der Waals surface area contributed by atoms with Gasteiger partial charge in [-0.2, -0.15) is 0 Å². The van der Waals surface area contributed by atoms with Crippen molar-refractivity contribution < 1.29 is 4.79 Å². The summed E-state index contributed by atoms with van der Waals surface area (Å²) >= 11 is 0. The molecule has 1 unspecified atom stereocenters. The molecular formula is C9H16N4O. The Morgan fingerprint density at radius 3 is 3.07 bits per heavy atom. The molecule has 78 valence electrons. The molecule has 1 atom stereocenters. The number of aromatic nitrogens is 2. The molecule has 0 saturated carbocycles. The summed E-state index contributed by atoms with van der Waals surface area (Å²) in [5, 5.41) is 2.80. The standard InChI is InChI=1S/C9H16N4O/c1-2-7(3-10)9(14)12-5-8-4-11-6-13-8/h4,6-7H,2-3,5,10H2,1H3,(H,11,13)(H,12,14). The summed E-state index contributed by atoms with van der Waals surface area (Å²) in [4.78, 5) is 18.2. The molecule has 0 spiro atoms. The van der Waals surface area contributed by atoms with Gasteiger partial charge in [-0.25, -0.2) is 4.98 Å². The lowest BCUT2D eigenvalue weighted by molar-refractivity contribution is -0.124. The second-order valence-corrected chi connectivity index (χ2v) is 3.14. The van der Waals surface area contributed by atoms with Crippen molar-refractivity contribution in [2.24, 2.45) is 11.7 Å². The molecular weight excluding hydrogens is 180 g/mol. The zero-order valence-corrected chi connectivity index (χ0v) is 8.29. The normalized spacial score (nSPS) is 12.4. The van der Waals surface area contributed by atoms with Gasteiger partial charge in [0.15, 0.2) is 0 Å². The van der Waals surface area contributed by atoms with Crippen molar-refractivity contribution in [3.05, 3.63) is 18.2 Å². The van der Waals surface area contributed by atoms with Crippen LogP contribution < -0.4 is 11.1 Å². The van der Waals surface area contributed by atoms with Gasteiger partial charge in [0.05, 0.1) is 18.6 Å². The highest BCUT2D eigenvalue weighted by Gasteiger charge is 2.13. The van der Waals surface area contributed by atoms with Gasteiger partial charge in [-0.15, -0.1) is 0 Å². The van der Waals surface area contributed by atoms with Gasteiger partial charge in [0.25, 0.3) is 0 Å². The van der Waals surface area contributed by atoms with Crippen molar-refractivity contribution in [1.82, 2.24) is 15.3 Å². The third kappa shape index (κ3) is 2.85. The molecule has 1 aromatic heterocycles. The van der Waals surface area contributed by atoms with E-state index in [4.69, 9.17) is 5.73 Å². The lowest BCUT2D eigenvalue weighted by atomic mass is 10.1. The highest BCUT2D eigenvalue weighted by Crippen LogP contribution is 2.00. The van der Waals surface area contributed by atoms with Crippen LogP contribution in [-0.2, 0) is 11.3 Å². The minimum atomic E-state index is -0.0853. The van der Waals surface area contributed by atoms with Crippen LogP contribution in [0.15, 0.2) is 12.5 Å². The Balaban J connectivity index is 2.34. The van der Waals surface area contributed by atoms with Gasteiger partial charge in [-0.3, -0.25) is 4.79 Å². The number of rotatable bonds is 5. The Labute approximate surface area is 83.1 Å². The molecule has 1 heterocycles. The van der Waals surface area contributed by atoms with Gasteiger partial charge >= 0.3 is 0 Å². The minimum absolute atomic E-state index is 0.00426. The van der Waals surface area contributed by atoms with E-state index in [1.54, 1.807) is 12.5 Å². The number of carbonyl (C=O) groups excluding carboxylic acids is 1. The highest BCUT2D eigenvalue weighted by molar-refractivity contribution is 5.78. The van der Waals surface area contributed by atoms with Gasteiger partial charge in [0.1, 0.15) is 0 Å². The summed E-state index contributed by atoms with van der Waals surface area (Å²) in [7, 11) is 0. The van der Waals surface area contributed by atoms with Crippen molar-refractivity contribution in [2.75, 3.05) is 6.54 Å². The van der Waals surface area contributed by atoms with Crippen LogP contribution in [0.25, 0.3) is 0 Å². The Kier molecular flexibility index (Phi) is 4.12. The van der Waals surface area contributed by atoms with Crippen LogP contribution >= 0.6 is 0 Å². The van der Waals surface area contributed by atoms with Gasteiger partial charge in [-0.05, 0) is 6.42 Å². The second-order valence-electron chi connectivity index (χ2n) is 3.14. The molecule has 0 bridgehead atoms. The quantitative estimate of drug-likeness (QED) is 0.620. The number of nitrogens with zero attached hydrogens (tertiary/aromatic N) is 1. The van der Waals surface area contributed by atoms with Crippen LogP contribution in [-0.4, -0.2) is 22.4 Å². The lowest BCUT2D eigenvalue weighted by Gasteiger charge is -2.11. The molecule has 5 heteroatoms. The van der Waals surface area contributed by atoms with Crippen LogP contribution in [0.4, 0.5) is 0 Å². The molecule has 0 aliphatic carbocycles. The van der Waals surface area contributed by atoms with E-state index in [1.165, 1.54) is 0 Å². The number of aromatic amines is 1. The molecule has 4 N–H and O–H groups in total. The smallest absolute Gasteiger partial charge is 0.224 e. The van der Waals surface area contributed by atoms with Crippen LogP contribution in [0.3, 0.4) is 0 Å². The lowest BCUT2D eigenvalue weighted by Crippen LogP contribution is -2.34. The number of hydrogen-bond donors (Lipinski definition) is 3. The fourth-order valence-electron chi connectivity index (χ4n) is 1.17. The number of imidazole rings is 1. The van der Waals surface area contributed by atoms with Crippen molar-refractivity contribution >= 4 is 5.91 Å². The van der Waals surface area contributed by atoms with Crippen molar-refractivity contribution in [2.45, 2.75) is 19.9 Å². The molecule has 0 saturated heterocycles. The zero-order chi connectivity index (χ0) is 10.4. The molecule has 0 fully saturated rings. The molecule has 1 aromatic rings. The first kappa shape index (κ1) is 10.7. The van der Waals surface area contributed by atoms with E-state index in [1.807, 2.05) is 6.92 Å². The predicted molar refractivity (Wildman–Crippen MR) is 53.3 cm³/mol. The first-order chi connectivity index (χ1) is 6.77. The molecule has 0 aliphatic rings. The summed E-state index contributed by atoms with van der Waals surface area (Å²) in [6.45, 7) is 2.83. The average Bonchev–Trinajstić information content (AvgIpc) is 2.69. The Morgan fingerprint density at radius 1 is 1.79 bits per heavy atom. The van der Waals surface area contributed by atoms with Crippen LogP contribution in [0.2, 0.25) is 0 Å². The molecule has 0 aliphatic heterocycles. The Hall–Kier alpha value is -1.36. The van der Waals surface area contributed by atoms with Crippen LogP contribution in [0.1, 0.15) is 19.0 Å².